The van der Waals surface area contributed by atoms with Crippen LogP contribution in [0.4, 0.5) is 5.69 Å². The number of rotatable bonds is 6. The summed E-state index contributed by atoms with van der Waals surface area (Å²) in [5.41, 5.74) is 0.0125. The van der Waals surface area contributed by atoms with E-state index in [2.05, 4.69) is 0 Å². The smallest absolute Gasteiger partial charge is 0.270 e. The fourth-order valence-electron chi connectivity index (χ4n) is 2.99. The molecule has 1 heterocycles. The normalized spacial score (nSPS) is 16.2. The van der Waals surface area contributed by atoms with Gasteiger partial charge >= 0.3 is 0 Å². The number of fused-ring (bicyclic) bond motifs is 1. The van der Waals surface area contributed by atoms with E-state index in [0.29, 0.717) is 18.6 Å². The standard InChI is InChI=1S/C20H18N2O6/c1-2-6-18-20(25)21(19(24)15-9-3-4-10-17(15)28-18)12-16(23)13-7-5-8-14(11-13)22(26)27/h3-5,7-11,18H,2,6,12H2,1H3/t18-/m0/s1. The molecule has 28 heavy (non-hydrogen) atoms. The molecule has 3 rings (SSSR count). The number of non-ortho nitro benzene ring substituents is 1. The van der Waals surface area contributed by atoms with Crippen molar-refractivity contribution in [1.82, 2.24) is 4.90 Å². The number of nitrogens with zero attached hydrogens (tertiary/aromatic N) is 2. The van der Waals surface area contributed by atoms with Crippen molar-refractivity contribution in [2.45, 2.75) is 25.9 Å². The van der Waals surface area contributed by atoms with Crippen molar-refractivity contribution in [1.29, 1.82) is 0 Å². The molecule has 0 N–H and O–H groups in total. The van der Waals surface area contributed by atoms with Gasteiger partial charge in [0.25, 0.3) is 17.5 Å². The van der Waals surface area contributed by atoms with E-state index in [4.69, 9.17) is 4.74 Å². The maximum absolute atomic E-state index is 12.9. The van der Waals surface area contributed by atoms with Crippen LogP contribution >= 0.6 is 0 Å². The fourth-order valence-corrected chi connectivity index (χ4v) is 2.99. The Morgan fingerprint density at radius 3 is 2.64 bits per heavy atom. The highest BCUT2D eigenvalue weighted by atomic mass is 16.6. The second-order valence-corrected chi connectivity index (χ2v) is 6.35. The van der Waals surface area contributed by atoms with Crippen molar-refractivity contribution >= 4 is 23.3 Å². The number of hydrogen-bond acceptors (Lipinski definition) is 6. The molecule has 1 aliphatic rings. The second-order valence-electron chi connectivity index (χ2n) is 6.35. The third-order valence-electron chi connectivity index (χ3n) is 4.40. The summed E-state index contributed by atoms with van der Waals surface area (Å²) in [5.74, 6) is -1.50. The summed E-state index contributed by atoms with van der Waals surface area (Å²) in [5, 5.41) is 10.9. The van der Waals surface area contributed by atoms with Crippen molar-refractivity contribution in [3.05, 3.63) is 69.8 Å². The van der Waals surface area contributed by atoms with Gasteiger partial charge in [0.1, 0.15) is 5.75 Å². The lowest BCUT2D eigenvalue weighted by molar-refractivity contribution is -0.384. The summed E-state index contributed by atoms with van der Waals surface area (Å²) in [6.07, 6.45) is 0.164. The molecule has 0 unspecified atom stereocenters. The van der Waals surface area contributed by atoms with Gasteiger partial charge in [0.05, 0.1) is 17.0 Å². The largest absolute Gasteiger partial charge is 0.480 e. The van der Waals surface area contributed by atoms with Crippen LogP contribution in [0.15, 0.2) is 48.5 Å². The van der Waals surface area contributed by atoms with Crippen LogP contribution in [-0.4, -0.2) is 40.1 Å². The third-order valence-corrected chi connectivity index (χ3v) is 4.40. The van der Waals surface area contributed by atoms with E-state index in [0.717, 1.165) is 11.0 Å². The van der Waals surface area contributed by atoms with E-state index in [9.17, 15) is 24.5 Å². The molecule has 0 fully saturated rings. The number of amides is 2. The Bertz CT molecular complexity index is 955. The number of para-hydroxylation sites is 1. The third kappa shape index (κ3) is 3.75. The molecule has 2 aromatic rings. The van der Waals surface area contributed by atoms with E-state index in [-0.39, 0.29) is 16.8 Å². The van der Waals surface area contributed by atoms with Gasteiger partial charge < -0.3 is 4.74 Å². The molecule has 0 spiro atoms. The first-order valence-electron chi connectivity index (χ1n) is 8.81. The Balaban J connectivity index is 1.93. The Labute approximate surface area is 160 Å². The molecule has 2 amide bonds. The lowest BCUT2D eigenvalue weighted by Gasteiger charge is -2.21. The summed E-state index contributed by atoms with van der Waals surface area (Å²) in [4.78, 5) is 49.6. The minimum Gasteiger partial charge on any atom is -0.480 e. The van der Waals surface area contributed by atoms with E-state index < -0.39 is 35.2 Å². The quantitative estimate of drug-likeness (QED) is 0.329. The fraction of sp³-hybridized carbons (Fsp3) is 0.250. The Kier molecular flexibility index (Phi) is 5.49. The number of Topliss-reactive ketones (excluding diaryl/α,β-unsaturated/α-hetero) is 1. The number of imide groups is 1. The van der Waals surface area contributed by atoms with Crippen LogP contribution in [0, 0.1) is 10.1 Å². The molecule has 8 heteroatoms. The summed E-state index contributed by atoms with van der Waals surface area (Å²) in [6, 6.07) is 11.7. The van der Waals surface area contributed by atoms with Gasteiger partial charge in [0, 0.05) is 17.7 Å². The maximum Gasteiger partial charge on any atom is 0.270 e. The van der Waals surface area contributed by atoms with Crippen LogP contribution in [0.2, 0.25) is 0 Å². The Hall–Kier alpha value is -3.55. The minimum absolute atomic E-state index is 0.0558. The van der Waals surface area contributed by atoms with Crippen LogP contribution < -0.4 is 4.74 Å². The van der Waals surface area contributed by atoms with Crippen molar-refractivity contribution in [3.63, 3.8) is 0 Å². The predicted octanol–water partition coefficient (Wildman–Crippen LogP) is 3.01. The molecular formula is C20H18N2O6. The van der Waals surface area contributed by atoms with Crippen LogP contribution in [0.3, 0.4) is 0 Å². The first-order valence-corrected chi connectivity index (χ1v) is 8.81. The molecular weight excluding hydrogens is 364 g/mol. The van der Waals surface area contributed by atoms with Gasteiger partial charge in [-0.05, 0) is 18.6 Å². The van der Waals surface area contributed by atoms with E-state index in [1.165, 1.54) is 24.3 Å². The first-order chi connectivity index (χ1) is 13.4. The highest BCUT2D eigenvalue weighted by Crippen LogP contribution is 2.27. The van der Waals surface area contributed by atoms with Crippen molar-refractivity contribution in [2.24, 2.45) is 0 Å². The minimum atomic E-state index is -0.879. The highest BCUT2D eigenvalue weighted by molar-refractivity contribution is 6.12. The Morgan fingerprint density at radius 1 is 1.18 bits per heavy atom. The molecule has 0 saturated carbocycles. The van der Waals surface area contributed by atoms with Gasteiger partial charge in [0.15, 0.2) is 11.9 Å². The van der Waals surface area contributed by atoms with E-state index >= 15 is 0 Å². The van der Waals surface area contributed by atoms with Gasteiger partial charge in [-0.2, -0.15) is 0 Å². The first kappa shape index (κ1) is 19.2. The molecule has 1 aliphatic heterocycles. The van der Waals surface area contributed by atoms with Crippen molar-refractivity contribution in [3.8, 4) is 5.75 Å². The zero-order chi connectivity index (χ0) is 20.3. The zero-order valence-corrected chi connectivity index (χ0v) is 15.2. The van der Waals surface area contributed by atoms with E-state index in [1.807, 2.05) is 6.92 Å². The zero-order valence-electron chi connectivity index (χ0n) is 15.2. The molecule has 0 radical (unpaired) electrons. The predicted molar refractivity (Wildman–Crippen MR) is 99.2 cm³/mol. The maximum atomic E-state index is 12.9. The molecule has 2 aromatic carbocycles. The average Bonchev–Trinajstić information content (AvgIpc) is 2.79. The van der Waals surface area contributed by atoms with Gasteiger partial charge in [0.2, 0.25) is 0 Å². The lowest BCUT2D eigenvalue weighted by Crippen LogP contribution is -2.45. The van der Waals surface area contributed by atoms with Crippen LogP contribution in [0.1, 0.15) is 40.5 Å². The number of carbonyl (C=O) groups is 3. The summed E-state index contributed by atoms with van der Waals surface area (Å²) >= 11 is 0. The number of ketones is 1. The van der Waals surface area contributed by atoms with Crippen molar-refractivity contribution in [2.75, 3.05) is 6.54 Å². The summed E-state index contributed by atoms with van der Waals surface area (Å²) in [6.45, 7) is 1.37. The molecule has 144 valence electrons. The van der Waals surface area contributed by atoms with Crippen molar-refractivity contribution < 1.29 is 24.0 Å². The molecule has 0 aliphatic carbocycles. The number of carbonyl (C=O) groups excluding carboxylic acids is 3. The SMILES string of the molecule is CCC[C@@H]1Oc2ccccc2C(=O)N(CC(=O)c2cccc([N+](=O)[O-])c2)C1=O. The lowest BCUT2D eigenvalue weighted by atomic mass is 10.1. The summed E-state index contributed by atoms with van der Waals surface area (Å²) in [7, 11) is 0. The molecule has 1 atom stereocenters. The van der Waals surface area contributed by atoms with Gasteiger partial charge in [-0.15, -0.1) is 0 Å². The summed E-state index contributed by atoms with van der Waals surface area (Å²) < 4.78 is 5.74. The molecule has 0 bridgehead atoms. The monoisotopic (exact) mass is 382 g/mol. The number of ether oxygens (including phenoxy) is 1. The number of nitro benzene ring substituents is 1. The van der Waals surface area contributed by atoms with Crippen LogP contribution in [-0.2, 0) is 4.79 Å². The average molecular weight is 382 g/mol. The van der Waals surface area contributed by atoms with Gasteiger partial charge in [-0.1, -0.05) is 37.6 Å². The van der Waals surface area contributed by atoms with Gasteiger partial charge in [-0.25, -0.2) is 0 Å². The number of benzene rings is 2. The highest BCUT2D eigenvalue weighted by Gasteiger charge is 2.37. The van der Waals surface area contributed by atoms with Gasteiger partial charge in [-0.3, -0.25) is 29.4 Å². The van der Waals surface area contributed by atoms with E-state index in [1.54, 1.807) is 18.2 Å². The molecule has 0 saturated heterocycles. The Morgan fingerprint density at radius 2 is 1.93 bits per heavy atom. The molecule has 0 aromatic heterocycles. The van der Waals surface area contributed by atoms with Crippen LogP contribution in [0.25, 0.3) is 0 Å². The van der Waals surface area contributed by atoms with Crippen LogP contribution in [0.5, 0.6) is 5.75 Å². The topological polar surface area (TPSA) is 107 Å². The molecule has 8 nitrogen and oxygen atoms in total. The second kappa shape index (κ2) is 7.99. The number of hydrogen-bond donors (Lipinski definition) is 0. The number of nitro groups is 1.